The second-order valence-corrected chi connectivity index (χ2v) is 5.90. The zero-order valence-electron chi connectivity index (χ0n) is 9.76. The Hall–Kier alpha value is -1.72. The lowest BCUT2D eigenvalue weighted by Gasteiger charge is -2.02. The van der Waals surface area contributed by atoms with Crippen molar-refractivity contribution in [2.45, 2.75) is 0 Å². The predicted molar refractivity (Wildman–Crippen MR) is 81.7 cm³/mol. The largest absolute Gasteiger partial charge is 0.320 e. The molecule has 1 heterocycles. The Morgan fingerprint density at radius 2 is 2.00 bits per heavy atom. The molecule has 3 aromatic rings. The summed E-state index contributed by atoms with van der Waals surface area (Å²) in [7, 11) is 0. The van der Waals surface area contributed by atoms with Crippen molar-refractivity contribution in [1.82, 2.24) is 4.98 Å². The van der Waals surface area contributed by atoms with Crippen LogP contribution in [0.25, 0.3) is 10.2 Å². The molecule has 0 atom stereocenters. The van der Waals surface area contributed by atoms with E-state index >= 15 is 0 Å². The van der Waals surface area contributed by atoms with Crippen LogP contribution in [0.5, 0.6) is 0 Å². The third-order valence-corrected chi connectivity index (χ3v) is 4.10. The number of nitrogens with one attached hydrogen (secondary N) is 1. The molecule has 1 amide bonds. The van der Waals surface area contributed by atoms with Gasteiger partial charge < -0.3 is 5.32 Å². The van der Waals surface area contributed by atoms with Crippen molar-refractivity contribution >= 4 is 49.1 Å². The summed E-state index contributed by atoms with van der Waals surface area (Å²) >= 11 is 4.77. The Bertz CT molecular complexity index is 721. The van der Waals surface area contributed by atoms with Gasteiger partial charge in [-0.25, -0.2) is 4.98 Å². The van der Waals surface area contributed by atoms with Gasteiger partial charge in [-0.15, -0.1) is 11.3 Å². The van der Waals surface area contributed by atoms with Gasteiger partial charge in [-0.2, -0.15) is 0 Å². The number of rotatable bonds is 2. The van der Waals surface area contributed by atoms with Crippen molar-refractivity contribution in [2.75, 3.05) is 5.32 Å². The van der Waals surface area contributed by atoms with E-state index in [0.29, 0.717) is 5.01 Å². The highest BCUT2D eigenvalue weighted by molar-refractivity contribution is 9.10. The maximum absolute atomic E-state index is 12.1. The minimum atomic E-state index is -0.181. The molecule has 2 aromatic carbocycles. The van der Waals surface area contributed by atoms with Gasteiger partial charge in [0.05, 0.1) is 10.2 Å². The van der Waals surface area contributed by atoms with E-state index in [0.717, 1.165) is 20.4 Å². The molecule has 3 nitrogen and oxygen atoms in total. The molecule has 0 saturated heterocycles. The van der Waals surface area contributed by atoms with Crippen molar-refractivity contribution in [3.63, 3.8) is 0 Å². The van der Waals surface area contributed by atoms with Gasteiger partial charge in [0.1, 0.15) is 0 Å². The average Bonchev–Trinajstić information content (AvgIpc) is 2.82. The number of carbonyl (C=O) groups excluding carboxylic acids is 1. The molecule has 0 bridgehead atoms. The Balaban J connectivity index is 1.87. The number of para-hydroxylation sites is 1. The third-order valence-electron chi connectivity index (χ3n) is 2.57. The molecule has 19 heavy (non-hydrogen) atoms. The lowest BCUT2D eigenvalue weighted by Crippen LogP contribution is -2.11. The second-order valence-electron chi connectivity index (χ2n) is 3.95. The van der Waals surface area contributed by atoms with Crippen molar-refractivity contribution < 1.29 is 4.79 Å². The first-order chi connectivity index (χ1) is 9.22. The molecule has 0 aliphatic rings. The van der Waals surface area contributed by atoms with Crippen LogP contribution >= 0.6 is 27.3 Å². The number of amides is 1. The van der Waals surface area contributed by atoms with E-state index < -0.39 is 0 Å². The molecule has 0 aliphatic heterocycles. The number of fused-ring (bicyclic) bond motifs is 1. The van der Waals surface area contributed by atoms with Crippen LogP contribution < -0.4 is 5.32 Å². The first-order valence-corrected chi connectivity index (χ1v) is 7.26. The number of benzene rings is 2. The standard InChI is InChI=1S/C14H9BrN2OS/c15-9-4-3-5-10(8-9)16-13(18)14-17-11-6-1-2-7-12(11)19-14/h1-8H,(H,16,18). The molecule has 0 unspecified atom stereocenters. The topological polar surface area (TPSA) is 42.0 Å². The van der Waals surface area contributed by atoms with E-state index in [2.05, 4.69) is 26.2 Å². The summed E-state index contributed by atoms with van der Waals surface area (Å²) in [6.45, 7) is 0. The van der Waals surface area contributed by atoms with E-state index in [9.17, 15) is 4.79 Å². The maximum atomic E-state index is 12.1. The molecular weight excluding hydrogens is 324 g/mol. The van der Waals surface area contributed by atoms with Gasteiger partial charge >= 0.3 is 0 Å². The summed E-state index contributed by atoms with van der Waals surface area (Å²) in [5, 5.41) is 3.31. The van der Waals surface area contributed by atoms with Crippen LogP contribution in [0.15, 0.2) is 53.0 Å². The fourth-order valence-electron chi connectivity index (χ4n) is 1.72. The Kier molecular flexibility index (Phi) is 3.31. The van der Waals surface area contributed by atoms with Crippen LogP contribution in [0.1, 0.15) is 9.80 Å². The smallest absolute Gasteiger partial charge is 0.284 e. The number of thiazole rings is 1. The Morgan fingerprint density at radius 3 is 2.79 bits per heavy atom. The zero-order chi connectivity index (χ0) is 13.2. The van der Waals surface area contributed by atoms with Crippen molar-refractivity contribution in [2.24, 2.45) is 0 Å². The van der Waals surface area contributed by atoms with Crippen molar-refractivity contribution in [3.05, 3.63) is 58.0 Å². The second kappa shape index (κ2) is 5.11. The fourth-order valence-corrected chi connectivity index (χ4v) is 2.98. The molecule has 1 N–H and O–H groups in total. The van der Waals surface area contributed by atoms with Gasteiger partial charge in [-0.3, -0.25) is 4.79 Å². The van der Waals surface area contributed by atoms with Crippen LogP contribution in [0, 0.1) is 0 Å². The van der Waals surface area contributed by atoms with E-state index in [1.165, 1.54) is 11.3 Å². The van der Waals surface area contributed by atoms with Crippen LogP contribution in [-0.4, -0.2) is 10.9 Å². The number of aromatic nitrogens is 1. The normalized spacial score (nSPS) is 10.6. The number of carbonyl (C=O) groups is 1. The van der Waals surface area contributed by atoms with E-state index in [-0.39, 0.29) is 5.91 Å². The summed E-state index contributed by atoms with van der Waals surface area (Å²) in [5.74, 6) is -0.181. The summed E-state index contributed by atoms with van der Waals surface area (Å²) < 4.78 is 1.94. The van der Waals surface area contributed by atoms with Gasteiger partial charge in [-0.1, -0.05) is 34.1 Å². The predicted octanol–water partition coefficient (Wildman–Crippen LogP) is 4.31. The summed E-state index contributed by atoms with van der Waals surface area (Å²) in [6.07, 6.45) is 0. The third kappa shape index (κ3) is 2.67. The summed E-state index contributed by atoms with van der Waals surface area (Å²) in [4.78, 5) is 16.4. The van der Waals surface area contributed by atoms with E-state index in [4.69, 9.17) is 0 Å². The lowest BCUT2D eigenvalue weighted by atomic mass is 10.3. The molecule has 1 aromatic heterocycles. The minimum Gasteiger partial charge on any atom is -0.320 e. The van der Waals surface area contributed by atoms with Crippen LogP contribution in [-0.2, 0) is 0 Å². The van der Waals surface area contributed by atoms with Crippen LogP contribution in [0.4, 0.5) is 5.69 Å². The number of nitrogens with zero attached hydrogens (tertiary/aromatic N) is 1. The van der Waals surface area contributed by atoms with Crippen molar-refractivity contribution in [1.29, 1.82) is 0 Å². The molecule has 0 radical (unpaired) electrons. The van der Waals surface area contributed by atoms with Crippen molar-refractivity contribution in [3.8, 4) is 0 Å². The first kappa shape index (κ1) is 12.3. The highest BCUT2D eigenvalue weighted by atomic mass is 79.9. The number of halogens is 1. The lowest BCUT2D eigenvalue weighted by molar-refractivity contribution is 0.102. The Morgan fingerprint density at radius 1 is 1.16 bits per heavy atom. The molecule has 0 aliphatic carbocycles. The van der Waals surface area contributed by atoms with Crippen LogP contribution in [0.2, 0.25) is 0 Å². The minimum absolute atomic E-state index is 0.181. The van der Waals surface area contributed by atoms with Gasteiger partial charge in [0.25, 0.3) is 5.91 Å². The highest BCUT2D eigenvalue weighted by Crippen LogP contribution is 2.23. The highest BCUT2D eigenvalue weighted by Gasteiger charge is 2.12. The van der Waals surface area contributed by atoms with E-state index in [1.807, 2.05) is 48.5 Å². The maximum Gasteiger partial charge on any atom is 0.284 e. The van der Waals surface area contributed by atoms with E-state index in [1.54, 1.807) is 0 Å². The monoisotopic (exact) mass is 332 g/mol. The van der Waals surface area contributed by atoms with Gasteiger partial charge in [0.15, 0.2) is 5.01 Å². The number of anilines is 1. The quantitative estimate of drug-likeness (QED) is 0.759. The van der Waals surface area contributed by atoms with Gasteiger partial charge in [-0.05, 0) is 30.3 Å². The number of hydrogen-bond donors (Lipinski definition) is 1. The fraction of sp³-hybridized carbons (Fsp3) is 0. The first-order valence-electron chi connectivity index (χ1n) is 5.65. The molecule has 5 heteroatoms. The van der Waals surface area contributed by atoms with Gasteiger partial charge in [0.2, 0.25) is 0 Å². The average molecular weight is 333 g/mol. The zero-order valence-corrected chi connectivity index (χ0v) is 12.2. The molecule has 0 fully saturated rings. The molecule has 0 spiro atoms. The number of hydrogen-bond acceptors (Lipinski definition) is 3. The van der Waals surface area contributed by atoms with Gasteiger partial charge in [0, 0.05) is 10.2 Å². The summed E-state index contributed by atoms with van der Waals surface area (Å²) in [5.41, 5.74) is 1.60. The molecule has 94 valence electrons. The van der Waals surface area contributed by atoms with Crippen LogP contribution in [0.3, 0.4) is 0 Å². The molecule has 3 rings (SSSR count). The molecular formula is C14H9BrN2OS. The summed E-state index contributed by atoms with van der Waals surface area (Å²) in [6, 6.07) is 15.2. The Labute approximate surface area is 122 Å². The molecule has 0 saturated carbocycles. The SMILES string of the molecule is O=C(Nc1cccc(Br)c1)c1nc2ccccc2s1.